The fraction of sp³-hybridized carbons (Fsp3) is 0.0667. The molecule has 8 aromatic rings. The van der Waals surface area contributed by atoms with Gasteiger partial charge >= 0.3 is 0 Å². The lowest BCUT2D eigenvalue weighted by Crippen LogP contribution is -2.30. The lowest BCUT2D eigenvalue weighted by Gasteiger charge is -2.42. The van der Waals surface area contributed by atoms with Gasteiger partial charge in [0, 0.05) is 33.4 Å². The summed E-state index contributed by atoms with van der Waals surface area (Å²) in [5, 5.41) is 0. The second-order valence-corrected chi connectivity index (χ2v) is 13.3. The molecule has 0 atom stereocenters. The van der Waals surface area contributed by atoms with Gasteiger partial charge in [-0.2, -0.15) is 0 Å². The van der Waals surface area contributed by atoms with E-state index in [1.807, 2.05) is 91.0 Å². The largest absolute Gasteiger partial charge is 0.310 e. The van der Waals surface area contributed by atoms with E-state index in [1.165, 1.54) is 22.5 Å². The van der Waals surface area contributed by atoms with Crippen molar-refractivity contribution < 1.29 is 0 Å². The zero-order valence-corrected chi connectivity index (χ0v) is 28.7. The van der Waals surface area contributed by atoms with Crippen LogP contribution >= 0.6 is 0 Å². The van der Waals surface area contributed by atoms with E-state index in [1.54, 1.807) is 0 Å². The molecule has 0 aliphatic carbocycles. The van der Waals surface area contributed by atoms with E-state index in [9.17, 15) is 0 Å². The van der Waals surface area contributed by atoms with Crippen LogP contribution in [0.5, 0.6) is 0 Å². The van der Waals surface area contributed by atoms with E-state index < -0.39 is 0 Å². The molecule has 9 rings (SSSR count). The summed E-state index contributed by atoms with van der Waals surface area (Å²) in [5.41, 5.74) is 9.31. The topological polar surface area (TPSA) is 80.6 Å². The van der Waals surface area contributed by atoms with Gasteiger partial charge in [0.05, 0.1) is 11.4 Å². The number of aromatic nitrogens is 6. The van der Waals surface area contributed by atoms with Crippen LogP contribution in [-0.2, 0) is 5.41 Å². The molecule has 7 nitrogen and oxygen atoms in total. The Balaban J connectivity index is 1.18. The van der Waals surface area contributed by atoms with Crippen LogP contribution in [-0.4, -0.2) is 29.9 Å². The van der Waals surface area contributed by atoms with Crippen molar-refractivity contribution in [3.8, 4) is 57.2 Å². The molecule has 0 bridgehead atoms. The Morgan fingerprint density at radius 3 is 1.02 bits per heavy atom. The van der Waals surface area contributed by atoms with Gasteiger partial charge < -0.3 is 4.90 Å². The summed E-state index contributed by atoms with van der Waals surface area (Å²) < 4.78 is 0. The third-order valence-corrected chi connectivity index (χ3v) is 9.59. The minimum Gasteiger partial charge on any atom is -0.310 e. The number of benzene rings is 6. The molecule has 1 aliphatic rings. The fourth-order valence-corrected chi connectivity index (χ4v) is 6.94. The molecule has 7 heteroatoms. The fourth-order valence-electron chi connectivity index (χ4n) is 6.94. The Labute approximate surface area is 302 Å². The molecule has 0 fully saturated rings. The zero-order chi connectivity index (χ0) is 35.1. The van der Waals surface area contributed by atoms with E-state index in [4.69, 9.17) is 29.9 Å². The summed E-state index contributed by atoms with van der Waals surface area (Å²) in [4.78, 5) is 32.0. The summed E-state index contributed by atoms with van der Waals surface area (Å²) in [6, 6.07) is 55.5. The first-order valence-corrected chi connectivity index (χ1v) is 17.3. The van der Waals surface area contributed by atoms with Gasteiger partial charge in [-0.3, -0.25) is 0 Å². The number of fused-ring (bicyclic) bond motifs is 2. The zero-order valence-electron chi connectivity index (χ0n) is 28.7. The Kier molecular flexibility index (Phi) is 7.66. The SMILES string of the molecule is CC1(C)c2ccccc2N(c2ccc(-c3nc(-c4ccccc4)nc(-c4nc(-c5ccccc5)nc(-c5ccccc5)n4)n3)cc2)c2ccccc21. The van der Waals surface area contributed by atoms with Crippen LogP contribution in [0, 0.1) is 0 Å². The number of hydrogen-bond acceptors (Lipinski definition) is 7. The first-order valence-electron chi connectivity index (χ1n) is 17.3. The average molecular weight is 672 g/mol. The minimum absolute atomic E-state index is 0.130. The van der Waals surface area contributed by atoms with E-state index in [-0.39, 0.29) is 5.41 Å². The first kappa shape index (κ1) is 31.1. The highest BCUT2D eigenvalue weighted by Crippen LogP contribution is 2.51. The Morgan fingerprint density at radius 2 is 0.635 bits per heavy atom. The Bertz CT molecular complexity index is 2430. The van der Waals surface area contributed by atoms with Crippen LogP contribution in [0.3, 0.4) is 0 Å². The van der Waals surface area contributed by atoms with E-state index in [0.29, 0.717) is 34.9 Å². The van der Waals surface area contributed by atoms with E-state index >= 15 is 0 Å². The molecule has 0 spiro atoms. The van der Waals surface area contributed by atoms with Gasteiger partial charge in [0.25, 0.3) is 0 Å². The summed E-state index contributed by atoms with van der Waals surface area (Å²) in [6.07, 6.45) is 0. The molecule has 0 N–H and O–H groups in total. The van der Waals surface area contributed by atoms with Gasteiger partial charge in [-0.1, -0.05) is 141 Å². The molecular formula is C45H33N7. The van der Waals surface area contributed by atoms with Gasteiger partial charge in [0.2, 0.25) is 11.6 Å². The molecule has 2 aromatic heterocycles. The van der Waals surface area contributed by atoms with Crippen molar-refractivity contribution in [3.63, 3.8) is 0 Å². The third kappa shape index (κ3) is 5.58. The van der Waals surface area contributed by atoms with Crippen LogP contribution in [0.4, 0.5) is 17.1 Å². The molecule has 6 aromatic carbocycles. The van der Waals surface area contributed by atoms with Crippen molar-refractivity contribution in [2.75, 3.05) is 4.90 Å². The summed E-state index contributed by atoms with van der Waals surface area (Å²) >= 11 is 0. The smallest absolute Gasteiger partial charge is 0.202 e. The van der Waals surface area contributed by atoms with Crippen molar-refractivity contribution in [2.45, 2.75) is 19.3 Å². The maximum atomic E-state index is 5.01. The Morgan fingerprint density at radius 1 is 0.327 bits per heavy atom. The monoisotopic (exact) mass is 671 g/mol. The quantitative estimate of drug-likeness (QED) is 0.174. The van der Waals surface area contributed by atoms with Gasteiger partial charge in [-0.05, 0) is 47.5 Å². The van der Waals surface area contributed by atoms with Gasteiger partial charge in [-0.15, -0.1) is 0 Å². The van der Waals surface area contributed by atoms with Crippen molar-refractivity contribution in [2.24, 2.45) is 0 Å². The molecule has 52 heavy (non-hydrogen) atoms. The predicted octanol–water partition coefficient (Wildman–Crippen LogP) is 10.5. The summed E-state index contributed by atoms with van der Waals surface area (Å²) in [7, 11) is 0. The summed E-state index contributed by atoms with van der Waals surface area (Å²) in [5.74, 6) is 2.89. The highest BCUT2D eigenvalue weighted by Gasteiger charge is 2.36. The maximum absolute atomic E-state index is 5.01. The molecule has 3 heterocycles. The van der Waals surface area contributed by atoms with E-state index in [2.05, 4.69) is 91.5 Å². The number of para-hydroxylation sites is 2. The molecular weight excluding hydrogens is 639 g/mol. The maximum Gasteiger partial charge on any atom is 0.202 e. The number of hydrogen-bond donors (Lipinski definition) is 0. The lowest BCUT2D eigenvalue weighted by molar-refractivity contribution is 0.632. The van der Waals surface area contributed by atoms with E-state index in [0.717, 1.165) is 27.9 Å². The van der Waals surface area contributed by atoms with Crippen LogP contribution in [0.15, 0.2) is 164 Å². The lowest BCUT2D eigenvalue weighted by atomic mass is 9.73. The molecule has 248 valence electrons. The van der Waals surface area contributed by atoms with Gasteiger partial charge in [-0.25, -0.2) is 29.9 Å². The third-order valence-electron chi connectivity index (χ3n) is 9.59. The number of nitrogens with zero attached hydrogens (tertiary/aromatic N) is 7. The number of rotatable bonds is 6. The molecule has 0 saturated carbocycles. The highest BCUT2D eigenvalue weighted by molar-refractivity contribution is 5.86. The van der Waals surface area contributed by atoms with Gasteiger partial charge in [0.15, 0.2) is 23.3 Å². The van der Waals surface area contributed by atoms with Crippen LogP contribution in [0.1, 0.15) is 25.0 Å². The van der Waals surface area contributed by atoms with Crippen molar-refractivity contribution in [3.05, 3.63) is 175 Å². The second kappa shape index (κ2) is 12.8. The second-order valence-electron chi connectivity index (χ2n) is 13.3. The normalized spacial score (nSPS) is 12.9. The molecule has 0 unspecified atom stereocenters. The molecule has 0 amide bonds. The molecule has 0 saturated heterocycles. The summed E-state index contributed by atoms with van der Waals surface area (Å²) in [6.45, 7) is 4.60. The van der Waals surface area contributed by atoms with Crippen molar-refractivity contribution >= 4 is 17.1 Å². The highest BCUT2D eigenvalue weighted by atomic mass is 15.2. The van der Waals surface area contributed by atoms with Crippen molar-refractivity contribution in [1.29, 1.82) is 0 Å². The van der Waals surface area contributed by atoms with Crippen molar-refractivity contribution in [1.82, 2.24) is 29.9 Å². The van der Waals surface area contributed by atoms with Gasteiger partial charge in [0.1, 0.15) is 0 Å². The standard InChI is InChI=1S/C45H33N7/c1-45(2)35-22-12-14-24-37(35)52(38-25-15-13-23-36(38)45)34-28-26-33(27-29-34)42-47-41(32-20-10-5-11-21-32)50-44(51-42)43-48-39(30-16-6-3-7-17-30)46-40(49-43)31-18-8-4-9-19-31/h3-29H,1-2H3. The predicted molar refractivity (Wildman–Crippen MR) is 207 cm³/mol. The minimum atomic E-state index is -0.130. The number of anilines is 3. The average Bonchev–Trinajstić information content (AvgIpc) is 3.22. The van der Waals surface area contributed by atoms with Crippen LogP contribution in [0.2, 0.25) is 0 Å². The van der Waals surface area contributed by atoms with Crippen LogP contribution in [0.25, 0.3) is 57.2 Å². The molecule has 0 radical (unpaired) electrons. The van der Waals surface area contributed by atoms with Crippen LogP contribution < -0.4 is 4.90 Å². The molecule has 1 aliphatic heterocycles. The first-order chi connectivity index (χ1) is 25.5. The Hall–Kier alpha value is -6.86.